The number of hydrogen-bond acceptors (Lipinski definition) is 4. The van der Waals surface area contributed by atoms with Crippen LogP contribution in [0.25, 0.3) is 0 Å². The average Bonchev–Trinajstić information content (AvgIpc) is 2.25. The lowest BCUT2D eigenvalue weighted by Crippen LogP contribution is -2.30. The van der Waals surface area contributed by atoms with Gasteiger partial charge < -0.3 is 20.3 Å². The highest BCUT2D eigenvalue weighted by atomic mass is 16.5. The summed E-state index contributed by atoms with van der Waals surface area (Å²) in [5.41, 5.74) is 0.318. The zero-order valence-electron chi connectivity index (χ0n) is 9.23. The van der Waals surface area contributed by atoms with E-state index in [2.05, 4.69) is 5.32 Å². The lowest BCUT2D eigenvalue weighted by atomic mass is 10.2. The lowest BCUT2D eigenvalue weighted by molar-refractivity contribution is 0.0923. The third-order valence-corrected chi connectivity index (χ3v) is 2.00. The number of carbonyl (C=O) groups is 1. The second kappa shape index (κ2) is 5.37. The van der Waals surface area contributed by atoms with E-state index in [-0.39, 0.29) is 18.2 Å². The highest BCUT2D eigenvalue weighted by Gasteiger charge is 2.09. The predicted molar refractivity (Wildman–Crippen MR) is 58.7 cm³/mol. The molecular weight excluding hydrogens is 210 g/mol. The molecule has 1 aromatic carbocycles. The monoisotopic (exact) mass is 225 g/mol. The number of rotatable bonds is 4. The summed E-state index contributed by atoms with van der Waals surface area (Å²) < 4.78 is 4.86. The maximum absolute atomic E-state index is 11.5. The molecule has 88 valence electrons. The minimum absolute atomic E-state index is 0.0906. The highest BCUT2D eigenvalue weighted by molar-refractivity contribution is 5.94. The number of hydrogen-bond donors (Lipinski definition) is 3. The minimum atomic E-state index is -0.601. The number of benzene rings is 1. The van der Waals surface area contributed by atoms with E-state index in [4.69, 9.17) is 9.84 Å². The summed E-state index contributed by atoms with van der Waals surface area (Å²) in [4.78, 5) is 11.5. The minimum Gasteiger partial charge on any atom is -0.504 e. The fourth-order valence-corrected chi connectivity index (χ4v) is 1.17. The Balaban J connectivity index is 2.73. The van der Waals surface area contributed by atoms with Crippen molar-refractivity contribution in [2.24, 2.45) is 0 Å². The fourth-order valence-electron chi connectivity index (χ4n) is 1.17. The van der Waals surface area contributed by atoms with Crippen LogP contribution in [-0.4, -0.2) is 35.9 Å². The molecule has 0 unspecified atom stereocenters. The molecule has 3 N–H and O–H groups in total. The van der Waals surface area contributed by atoms with Crippen molar-refractivity contribution in [2.45, 2.75) is 13.0 Å². The summed E-state index contributed by atoms with van der Waals surface area (Å²) >= 11 is 0. The molecule has 0 saturated heterocycles. The van der Waals surface area contributed by atoms with Gasteiger partial charge in [-0.25, -0.2) is 0 Å². The Morgan fingerprint density at radius 3 is 2.75 bits per heavy atom. The molecule has 0 aromatic heterocycles. The first kappa shape index (κ1) is 12.3. The Morgan fingerprint density at radius 1 is 1.56 bits per heavy atom. The smallest absolute Gasteiger partial charge is 0.251 e. The Morgan fingerprint density at radius 2 is 2.25 bits per heavy atom. The number of carbonyl (C=O) groups excluding carboxylic acids is 1. The molecule has 0 saturated carbocycles. The van der Waals surface area contributed by atoms with Crippen molar-refractivity contribution < 1.29 is 19.7 Å². The standard InChI is InChI=1S/C11H15NO4/c1-7(13)6-12-11(15)8-3-4-10(16-2)9(14)5-8/h3-5,7,13-14H,6H2,1-2H3,(H,12,15)/t7-/m0/s1. The van der Waals surface area contributed by atoms with Gasteiger partial charge in [-0.3, -0.25) is 4.79 Å². The van der Waals surface area contributed by atoms with Crippen LogP contribution in [0, 0.1) is 0 Å². The SMILES string of the molecule is COc1ccc(C(=O)NC[C@H](C)O)cc1O. The first-order valence-electron chi connectivity index (χ1n) is 4.88. The van der Waals surface area contributed by atoms with Crippen molar-refractivity contribution >= 4 is 5.91 Å². The Kier molecular flexibility index (Phi) is 4.13. The number of ether oxygens (including phenoxy) is 1. The summed E-state index contributed by atoms with van der Waals surface area (Å²) in [7, 11) is 1.43. The van der Waals surface area contributed by atoms with Crippen molar-refractivity contribution in [1.82, 2.24) is 5.32 Å². The summed E-state index contributed by atoms with van der Waals surface area (Å²) in [6.45, 7) is 1.75. The molecule has 0 bridgehead atoms. The van der Waals surface area contributed by atoms with Crippen molar-refractivity contribution in [1.29, 1.82) is 0 Å². The summed E-state index contributed by atoms with van der Waals surface area (Å²) in [6.07, 6.45) is -0.601. The largest absolute Gasteiger partial charge is 0.504 e. The van der Waals surface area contributed by atoms with Gasteiger partial charge in [-0.05, 0) is 25.1 Å². The average molecular weight is 225 g/mol. The predicted octanol–water partition coefficient (Wildman–Crippen LogP) is 0.511. The van der Waals surface area contributed by atoms with Crippen LogP contribution < -0.4 is 10.1 Å². The molecule has 1 atom stereocenters. The van der Waals surface area contributed by atoms with Crippen molar-refractivity contribution in [3.05, 3.63) is 23.8 Å². The zero-order valence-corrected chi connectivity index (χ0v) is 9.23. The molecule has 0 aliphatic carbocycles. The number of phenols is 1. The molecule has 16 heavy (non-hydrogen) atoms. The first-order chi connectivity index (χ1) is 7.54. The Hall–Kier alpha value is -1.75. The van der Waals surface area contributed by atoms with Crippen LogP contribution in [-0.2, 0) is 0 Å². The molecule has 5 nitrogen and oxygen atoms in total. The van der Waals surface area contributed by atoms with Crippen LogP contribution >= 0.6 is 0 Å². The van der Waals surface area contributed by atoms with Gasteiger partial charge in [0.2, 0.25) is 0 Å². The van der Waals surface area contributed by atoms with Gasteiger partial charge in [-0.1, -0.05) is 0 Å². The summed E-state index contributed by atoms with van der Waals surface area (Å²) in [6, 6.07) is 4.36. The van der Waals surface area contributed by atoms with Gasteiger partial charge in [0, 0.05) is 12.1 Å². The highest BCUT2D eigenvalue weighted by Crippen LogP contribution is 2.25. The van der Waals surface area contributed by atoms with Gasteiger partial charge in [0.1, 0.15) is 0 Å². The number of aliphatic hydroxyl groups excluding tert-OH is 1. The van der Waals surface area contributed by atoms with Gasteiger partial charge in [-0.15, -0.1) is 0 Å². The van der Waals surface area contributed by atoms with Crippen LogP contribution in [0.3, 0.4) is 0 Å². The topological polar surface area (TPSA) is 78.8 Å². The quantitative estimate of drug-likeness (QED) is 0.697. The van der Waals surface area contributed by atoms with E-state index < -0.39 is 6.10 Å². The van der Waals surface area contributed by atoms with Crippen LogP contribution in [0.1, 0.15) is 17.3 Å². The summed E-state index contributed by atoms with van der Waals surface area (Å²) in [5.74, 6) is -0.127. The molecule has 0 spiro atoms. The van der Waals surface area contributed by atoms with E-state index in [0.29, 0.717) is 11.3 Å². The van der Waals surface area contributed by atoms with E-state index in [0.717, 1.165) is 0 Å². The van der Waals surface area contributed by atoms with E-state index in [1.54, 1.807) is 6.92 Å². The molecule has 1 amide bonds. The summed E-state index contributed by atoms with van der Waals surface area (Å²) in [5, 5.41) is 21.0. The van der Waals surface area contributed by atoms with Crippen molar-refractivity contribution in [3.63, 3.8) is 0 Å². The lowest BCUT2D eigenvalue weighted by Gasteiger charge is -2.08. The number of methoxy groups -OCH3 is 1. The number of aliphatic hydroxyl groups is 1. The second-order valence-electron chi connectivity index (χ2n) is 3.45. The molecule has 1 aromatic rings. The van der Waals surface area contributed by atoms with Crippen LogP contribution in [0.5, 0.6) is 11.5 Å². The van der Waals surface area contributed by atoms with Crippen LogP contribution in [0.4, 0.5) is 0 Å². The molecule has 0 aliphatic rings. The molecule has 1 rings (SSSR count). The number of amides is 1. The second-order valence-corrected chi connectivity index (χ2v) is 3.45. The molecule has 0 aliphatic heterocycles. The third-order valence-electron chi connectivity index (χ3n) is 2.00. The zero-order chi connectivity index (χ0) is 12.1. The van der Waals surface area contributed by atoms with Crippen LogP contribution in [0.15, 0.2) is 18.2 Å². The van der Waals surface area contributed by atoms with Gasteiger partial charge in [0.25, 0.3) is 5.91 Å². The Labute approximate surface area is 93.7 Å². The normalized spacial score (nSPS) is 11.9. The van der Waals surface area contributed by atoms with E-state index >= 15 is 0 Å². The van der Waals surface area contributed by atoms with Gasteiger partial charge >= 0.3 is 0 Å². The third kappa shape index (κ3) is 3.13. The van der Waals surface area contributed by atoms with Gasteiger partial charge in [0.15, 0.2) is 11.5 Å². The van der Waals surface area contributed by atoms with Crippen molar-refractivity contribution in [2.75, 3.05) is 13.7 Å². The maximum Gasteiger partial charge on any atom is 0.251 e. The van der Waals surface area contributed by atoms with Gasteiger partial charge in [0.05, 0.1) is 13.2 Å². The van der Waals surface area contributed by atoms with Gasteiger partial charge in [-0.2, -0.15) is 0 Å². The first-order valence-corrected chi connectivity index (χ1v) is 4.88. The number of phenolic OH excluding ortho intramolecular Hbond substituents is 1. The molecular formula is C11H15NO4. The Bertz CT molecular complexity index is 376. The molecule has 0 fully saturated rings. The fraction of sp³-hybridized carbons (Fsp3) is 0.364. The van der Waals surface area contributed by atoms with E-state index in [1.807, 2.05) is 0 Å². The molecule has 0 heterocycles. The number of aromatic hydroxyl groups is 1. The molecule has 5 heteroatoms. The number of nitrogens with one attached hydrogen (secondary N) is 1. The molecule has 0 radical (unpaired) electrons. The maximum atomic E-state index is 11.5. The van der Waals surface area contributed by atoms with Crippen LogP contribution in [0.2, 0.25) is 0 Å². The van der Waals surface area contributed by atoms with Crippen molar-refractivity contribution in [3.8, 4) is 11.5 Å². The van der Waals surface area contributed by atoms with E-state index in [9.17, 15) is 9.90 Å². The van der Waals surface area contributed by atoms with E-state index in [1.165, 1.54) is 25.3 Å².